The van der Waals surface area contributed by atoms with Crippen molar-refractivity contribution in [3.05, 3.63) is 0 Å². The third-order valence-corrected chi connectivity index (χ3v) is 3.58. The molecule has 0 saturated heterocycles. The first kappa shape index (κ1) is 15.8. The van der Waals surface area contributed by atoms with Crippen molar-refractivity contribution < 1.29 is 14.7 Å². The molecular formula is C13H25N3O3. The lowest BCUT2D eigenvalue weighted by Crippen LogP contribution is -2.50. The molecule has 0 bridgehead atoms. The molecule has 1 aliphatic carbocycles. The second kappa shape index (κ2) is 6.75. The molecule has 0 spiro atoms. The molecule has 110 valence electrons. The minimum Gasteiger partial charge on any atom is -0.396 e. The predicted octanol–water partition coefficient (Wildman–Crippen LogP) is 0.348. The van der Waals surface area contributed by atoms with Crippen LogP contribution in [-0.4, -0.2) is 36.2 Å². The fourth-order valence-electron chi connectivity index (χ4n) is 2.20. The lowest BCUT2D eigenvalue weighted by molar-refractivity contribution is -0.123. The predicted molar refractivity (Wildman–Crippen MR) is 72.3 cm³/mol. The molecule has 1 aliphatic rings. The van der Waals surface area contributed by atoms with Gasteiger partial charge in [0.2, 0.25) is 5.91 Å². The normalized spacial score (nSPS) is 17.9. The summed E-state index contributed by atoms with van der Waals surface area (Å²) in [5.41, 5.74) is 5.15. The third-order valence-electron chi connectivity index (χ3n) is 3.58. The van der Waals surface area contributed by atoms with Gasteiger partial charge in [0.25, 0.3) is 0 Å². The van der Waals surface area contributed by atoms with E-state index >= 15 is 0 Å². The lowest BCUT2D eigenvalue weighted by atomic mass is 10.0. The summed E-state index contributed by atoms with van der Waals surface area (Å²) >= 11 is 0. The fraction of sp³-hybridized carbons (Fsp3) is 0.846. The van der Waals surface area contributed by atoms with Gasteiger partial charge in [0.05, 0.1) is 0 Å². The molecule has 1 atom stereocenters. The Balaban J connectivity index is 2.45. The van der Waals surface area contributed by atoms with E-state index in [0.29, 0.717) is 19.4 Å². The molecule has 5 N–H and O–H groups in total. The van der Waals surface area contributed by atoms with E-state index in [1.54, 1.807) is 0 Å². The van der Waals surface area contributed by atoms with E-state index in [1.807, 2.05) is 13.8 Å². The van der Waals surface area contributed by atoms with E-state index in [1.165, 1.54) is 0 Å². The molecule has 1 saturated carbocycles. The molecule has 3 amide bonds. The van der Waals surface area contributed by atoms with Crippen LogP contribution in [0.15, 0.2) is 0 Å². The van der Waals surface area contributed by atoms with Crippen molar-refractivity contribution in [3.63, 3.8) is 0 Å². The highest BCUT2D eigenvalue weighted by Gasteiger charge is 2.42. The molecule has 19 heavy (non-hydrogen) atoms. The smallest absolute Gasteiger partial charge is 0.312 e. The van der Waals surface area contributed by atoms with E-state index in [4.69, 9.17) is 10.8 Å². The van der Waals surface area contributed by atoms with Crippen LogP contribution < -0.4 is 16.4 Å². The summed E-state index contributed by atoms with van der Waals surface area (Å²) in [5.74, 6) is 0.0895. The minimum absolute atomic E-state index is 0.0690. The van der Waals surface area contributed by atoms with Crippen molar-refractivity contribution in [2.45, 2.75) is 45.6 Å². The molecule has 0 aromatic heterocycles. The van der Waals surface area contributed by atoms with Crippen LogP contribution in [0.3, 0.4) is 0 Å². The second-order valence-corrected chi connectivity index (χ2v) is 5.88. The van der Waals surface area contributed by atoms with Crippen molar-refractivity contribution in [2.75, 3.05) is 13.2 Å². The van der Waals surface area contributed by atoms with Crippen molar-refractivity contribution in [1.29, 1.82) is 0 Å². The summed E-state index contributed by atoms with van der Waals surface area (Å²) in [7, 11) is 0. The lowest BCUT2D eigenvalue weighted by Gasteiger charge is -2.21. The number of hydrogen-bond acceptors (Lipinski definition) is 3. The molecule has 0 aromatic carbocycles. The number of carbonyl (C=O) groups excluding carboxylic acids is 2. The zero-order valence-electron chi connectivity index (χ0n) is 11.7. The first-order chi connectivity index (χ1) is 8.88. The van der Waals surface area contributed by atoms with E-state index in [9.17, 15) is 9.59 Å². The highest BCUT2D eigenvalue weighted by molar-refractivity contribution is 5.86. The average Bonchev–Trinajstić information content (AvgIpc) is 3.05. The van der Waals surface area contributed by atoms with Gasteiger partial charge in [0.1, 0.15) is 6.04 Å². The highest BCUT2D eigenvalue weighted by atomic mass is 16.3. The molecule has 6 heteroatoms. The molecule has 1 fully saturated rings. The molecule has 0 aromatic rings. The maximum absolute atomic E-state index is 12.0. The van der Waals surface area contributed by atoms with E-state index in [0.717, 1.165) is 12.8 Å². The number of nitrogens with two attached hydrogens (primary N) is 1. The molecular weight excluding hydrogens is 246 g/mol. The Hall–Kier alpha value is -1.30. The van der Waals surface area contributed by atoms with Gasteiger partial charge in [0, 0.05) is 13.2 Å². The van der Waals surface area contributed by atoms with E-state index in [2.05, 4.69) is 10.6 Å². The highest BCUT2D eigenvalue weighted by Crippen LogP contribution is 2.47. The number of aliphatic hydroxyl groups is 1. The monoisotopic (exact) mass is 271 g/mol. The Morgan fingerprint density at radius 2 is 2.00 bits per heavy atom. The number of urea groups is 1. The Morgan fingerprint density at radius 1 is 1.37 bits per heavy atom. The van der Waals surface area contributed by atoms with Crippen LogP contribution in [0.25, 0.3) is 0 Å². The number of aliphatic hydroxyl groups excluding tert-OH is 1. The average molecular weight is 271 g/mol. The zero-order valence-corrected chi connectivity index (χ0v) is 11.7. The topological polar surface area (TPSA) is 104 Å². The van der Waals surface area contributed by atoms with E-state index in [-0.39, 0.29) is 23.8 Å². The molecule has 1 unspecified atom stereocenters. The maximum atomic E-state index is 12.0. The standard InChI is InChI=1S/C13H25N3O3/c1-9(2)7-10(16-12(14)19)11(18)15-8-13(3-4-13)5-6-17/h9-10,17H,3-8H2,1-2H3,(H,15,18)(H3,14,16,19). The second-order valence-electron chi connectivity index (χ2n) is 5.88. The van der Waals surface area contributed by atoms with Crippen molar-refractivity contribution in [2.24, 2.45) is 17.1 Å². The van der Waals surface area contributed by atoms with Gasteiger partial charge in [-0.3, -0.25) is 4.79 Å². The summed E-state index contributed by atoms with van der Waals surface area (Å²) in [6, 6.07) is -1.26. The van der Waals surface area contributed by atoms with Crippen LogP contribution in [0.2, 0.25) is 0 Å². The number of hydrogen-bond donors (Lipinski definition) is 4. The van der Waals surface area contributed by atoms with Crippen LogP contribution in [0.4, 0.5) is 4.79 Å². The van der Waals surface area contributed by atoms with Crippen molar-refractivity contribution in [1.82, 2.24) is 10.6 Å². The van der Waals surface area contributed by atoms with Crippen molar-refractivity contribution >= 4 is 11.9 Å². The Labute approximate surface area is 114 Å². The SMILES string of the molecule is CC(C)CC(NC(N)=O)C(=O)NCC1(CCO)CC1. The Kier molecular flexibility index (Phi) is 5.60. The Bertz CT molecular complexity index is 327. The van der Waals surface area contributed by atoms with Crippen LogP contribution in [0, 0.1) is 11.3 Å². The van der Waals surface area contributed by atoms with Crippen LogP contribution in [0.1, 0.15) is 39.5 Å². The largest absolute Gasteiger partial charge is 0.396 e. The zero-order chi connectivity index (χ0) is 14.5. The summed E-state index contributed by atoms with van der Waals surface area (Å²) in [5, 5.41) is 14.3. The van der Waals surface area contributed by atoms with E-state index < -0.39 is 12.1 Å². The molecule has 0 heterocycles. The van der Waals surface area contributed by atoms with Crippen molar-refractivity contribution in [3.8, 4) is 0 Å². The van der Waals surface area contributed by atoms with Crippen LogP contribution in [-0.2, 0) is 4.79 Å². The van der Waals surface area contributed by atoms with Gasteiger partial charge in [0.15, 0.2) is 0 Å². The van der Waals surface area contributed by atoms with Gasteiger partial charge in [-0.15, -0.1) is 0 Å². The fourth-order valence-corrected chi connectivity index (χ4v) is 2.20. The molecule has 0 radical (unpaired) electrons. The number of primary amides is 1. The number of nitrogens with one attached hydrogen (secondary N) is 2. The van der Waals surface area contributed by atoms with Gasteiger partial charge in [-0.1, -0.05) is 13.8 Å². The third kappa shape index (κ3) is 5.46. The first-order valence-electron chi connectivity index (χ1n) is 6.83. The summed E-state index contributed by atoms with van der Waals surface area (Å²) in [6.45, 7) is 4.67. The molecule has 0 aliphatic heterocycles. The molecule has 6 nitrogen and oxygen atoms in total. The van der Waals surface area contributed by atoms with Gasteiger partial charge < -0.3 is 21.5 Å². The van der Waals surface area contributed by atoms with Gasteiger partial charge >= 0.3 is 6.03 Å². The van der Waals surface area contributed by atoms with Gasteiger partial charge in [-0.05, 0) is 37.0 Å². The maximum Gasteiger partial charge on any atom is 0.312 e. The van der Waals surface area contributed by atoms with Crippen LogP contribution >= 0.6 is 0 Å². The van der Waals surface area contributed by atoms with Gasteiger partial charge in [-0.2, -0.15) is 0 Å². The quantitative estimate of drug-likeness (QED) is 0.512. The summed E-state index contributed by atoms with van der Waals surface area (Å²) in [4.78, 5) is 23.0. The number of amides is 3. The summed E-state index contributed by atoms with van der Waals surface area (Å²) < 4.78 is 0. The van der Waals surface area contributed by atoms with Crippen LogP contribution in [0.5, 0.6) is 0 Å². The number of carbonyl (C=O) groups is 2. The molecule has 1 rings (SSSR count). The minimum atomic E-state index is -0.683. The summed E-state index contributed by atoms with van der Waals surface area (Å²) in [6.07, 6.45) is 3.34. The van der Waals surface area contributed by atoms with Gasteiger partial charge in [-0.25, -0.2) is 4.79 Å². The Morgan fingerprint density at radius 3 is 2.42 bits per heavy atom. The first-order valence-corrected chi connectivity index (χ1v) is 6.83. The number of rotatable bonds is 8.